The number of carboxylic acids is 1. The van der Waals surface area contributed by atoms with Gasteiger partial charge in [0.2, 0.25) is 0 Å². The first kappa shape index (κ1) is 14.6. The van der Waals surface area contributed by atoms with Gasteiger partial charge in [0.15, 0.2) is 0 Å². The van der Waals surface area contributed by atoms with Crippen molar-refractivity contribution in [3.63, 3.8) is 0 Å². The van der Waals surface area contributed by atoms with Crippen molar-refractivity contribution in [2.75, 3.05) is 5.32 Å². The Hall–Kier alpha value is -2.76. The lowest BCUT2D eigenvalue weighted by Crippen LogP contribution is -2.17. The molecule has 6 heteroatoms. The summed E-state index contributed by atoms with van der Waals surface area (Å²) in [7, 11) is 0. The van der Waals surface area contributed by atoms with E-state index in [1.165, 1.54) is 25.1 Å². The normalized spacial score (nSPS) is 10.2. The molecule has 0 saturated heterocycles. The van der Waals surface area contributed by atoms with Crippen molar-refractivity contribution in [1.29, 1.82) is 0 Å². The standard InChI is InChI=1S/C15H11F2NO3/c1-8-7-9(16)5-6-10(8)14(19)18-13-11(15(20)21)3-2-4-12(13)17/h2-7H,1H3,(H,18,19)(H,20,21). The Balaban J connectivity index is 2.38. The van der Waals surface area contributed by atoms with Crippen molar-refractivity contribution in [3.05, 3.63) is 64.7 Å². The molecule has 0 aliphatic rings. The Bertz CT molecular complexity index is 729. The molecule has 2 aromatic rings. The summed E-state index contributed by atoms with van der Waals surface area (Å²) in [5.74, 6) is -3.43. The van der Waals surface area contributed by atoms with E-state index in [1.807, 2.05) is 0 Å². The Labute approximate surface area is 119 Å². The largest absolute Gasteiger partial charge is 0.478 e. The van der Waals surface area contributed by atoms with Gasteiger partial charge in [0.1, 0.15) is 11.6 Å². The second-order valence-corrected chi connectivity index (χ2v) is 4.38. The molecule has 0 bridgehead atoms. The zero-order valence-electron chi connectivity index (χ0n) is 11.0. The van der Waals surface area contributed by atoms with Crippen molar-refractivity contribution in [2.24, 2.45) is 0 Å². The number of aryl methyl sites for hydroxylation is 1. The third-order valence-corrected chi connectivity index (χ3v) is 2.92. The maximum Gasteiger partial charge on any atom is 0.337 e. The number of para-hydroxylation sites is 1. The van der Waals surface area contributed by atoms with Crippen molar-refractivity contribution in [1.82, 2.24) is 0 Å². The molecule has 0 aromatic heterocycles. The van der Waals surface area contributed by atoms with E-state index >= 15 is 0 Å². The van der Waals surface area contributed by atoms with Crippen LogP contribution in [0.25, 0.3) is 0 Å². The maximum absolute atomic E-state index is 13.7. The number of hydrogen-bond acceptors (Lipinski definition) is 2. The van der Waals surface area contributed by atoms with Gasteiger partial charge in [0, 0.05) is 5.56 Å². The van der Waals surface area contributed by atoms with Crippen LogP contribution in [-0.2, 0) is 0 Å². The van der Waals surface area contributed by atoms with Crippen molar-refractivity contribution < 1.29 is 23.5 Å². The van der Waals surface area contributed by atoms with Crippen LogP contribution < -0.4 is 5.32 Å². The van der Waals surface area contributed by atoms with E-state index < -0.39 is 29.2 Å². The van der Waals surface area contributed by atoms with Gasteiger partial charge in [-0.15, -0.1) is 0 Å². The molecular weight excluding hydrogens is 280 g/mol. The lowest BCUT2D eigenvalue weighted by atomic mass is 10.1. The summed E-state index contributed by atoms with van der Waals surface area (Å²) in [6.07, 6.45) is 0. The van der Waals surface area contributed by atoms with Crippen LogP contribution in [0.2, 0.25) is 0 Å². The van der Waals surface area contributed by atoms with Crippen LogP contribution in [0.1, 0.15) is 26.3 Å². The highest BCUT2D eigenvalue weighted by molar-refractivity contribution is 6.08. The highest BCUT2D eigenvalue weighted by atomic mass is 19.1. The molecule has 0 fully saturated rings. The van der Waals surface area contributed by atoms with Gasteiger partial charge in [0.25, 0.3) is 5.91 Å². The molecule has 0 heterocycles. The maximum atomic E-state index is 13.7. The van der Waals surface area contributed by atoms with Gasteiger partial charge in [-0.05, 0) is 42.8 Å². The van der Waals surface area contributed by atoms with E-state index in [2.05, 4.69) is 5.32 Å². The quantitative estimate of drug-likeness (QED) is 0.912. The molecular formula is C15H11F2NO3. The smallest absolute Gasteiger partial charge is 0.337 e. The summed E-state index contributed by atoms with van der Waals surface area (Å²) in [5, 5.41) is 11.2. The van der Waals surface area contributed by atoms with Gasteiger partial charge in [0.05, 0.1) is 11.3 Å². The number of aromatic carboxylic acids is 1. The van der Waals surface area contributed by atoms with E-state index in [-0.39, 0.29) is 11.1 Å². The molecule has 4 nitrogen and oxygen atoms in total. The third kappa shape index (κ3) is 3.05. The average Bonchev–Trinajstić information content (AvgIpc) is 2.40. The fourth-order valence-electron chi connectivity index (χ4n) is 1.89. The highest BCUT2D eigenvalue weighted by Crippen LogP contribution is 2.21. The lowest BCUT2D eigenvalue weighted by Gasteiger charge is -2.11. The van der Waals surface area contributed by atoms with Gasteiger partial charge in [-0.25, -0.2) is 13.6 Å². The summed E-state index contributed by atoms with van der Waals surface area (Å²) >= 11 is 0. The first-order valence-corrected chi connectivity index (χ1v) is 5.99. The minimum Gasteiger partial charge on any atom is -0.478 e. The molecule has 108 valence electrons. The molecule has 0 atom stereocenters. The minimum absolute atomic E-state index is 0.135. The van der Waals surface area contributed by atoms with E-state index in [1.54, 1.807) is 0 Å². The number of carboxylic acid groups (broad SMARTS) is 1. The predicted octanol–water partition coefficient (Wildman–Crippen LogP) is 3.22. The van der Waals surface area contributed by atoms with Crippen LogP contribution in [-0.4, -0.2) is 17.0 Å². The lowest BCUT2D eigenvalue weighted by molar-refractivity contribution is 0.0697. The van der Waals surface area contributed by atoms with E-state index in [4.69, 9.17) is 5.11 Å². The average molecular weight is 291 g/mol. The zero-order chi connectivity index (χ0) is 15.6. The van der Waals surface area contributed by atoms with Crippen molar-refractivity contribution >= 4 is 17.6 Å². The number of hydrogen-bond donors (Lipinski definition) is 2. The number of amides is 1. The fourth-order valence-corrected chi connectivity index (χ4v) is 1.89. The Morgan fingerprint density at radius 2 is 1.81 bits per heavy atom. The number of anilines is 1. The van der Waals surface area contributed by atoms with E-state index in [0.29, 0.717) is 5.56 Å². The fraction of sp³-hybridized carbons (Fsp3) is 0.0667. The van der Waals surface area contributed by atoms with E-state index in [0.717, 1.165) is 18.2 Å². The number of carbonyl (C=O) groups excluding carboxylic acids is 1. The van der Waals surface area contributed by atoms with Crippen LogP contribution in [0.15, 0.2) is 36.4 Å². The number of benzene rings is 2. The zero-order valence-corrected chi connectivity index (χ0v) is 11.0. The van der Waals surface area contributed by atoms with Crippen molar-refractivity contribution in [3.8, 4) is 0 Å². The number of nitrogens with one attached hydrogen (secondary N) is 1. The monoisotopic (exact) mass is 291 g/mol. The van der Waals surface area contributed by atoms with Crippen LogP contribution in [0.4, 0.5) is 14.5 Å². The van der Waals surface area contributed by atoms with Crippen LogP contribution in [0, 0.1) is 18.6 Å². The molecule has 2 N–H and O–H groups in total. The molecule has 2 rings (SSSR count). The molecule has 0 saturated carbocycles. The van der Waals surface area contributed by atoms with Gasteiger partial charge in [-0.3, -0.25) is 4.79 Å². The topological polar surface area (TPSA) is 66.4 Å². The van der Waals surface area contributed by atoms with Crippen LogP contribution in [0.3, 0.4) is 0 Å². The van der Waals surface area contributed by atoms with Crippen molar-refractivity contribution in [2.45, 2.75) is 6.92 Å². The molecule has 0 radical (unpaired) electrons. The predicted molar refractivity (Wildman–Crippen MR) is 72.4 cm³/mol. The number of rotatable bonds is 3. The Kier molecular flexibility index (Phi) is 3.98. The number of halogens is 2. The molecule has 1 amide bonds. The minimum atomic E-state index is -1.36. The molecule has 0 aliphatic heterocycles. The first-order valence-electron chi connectivity index (χ1n) is 5.99. The summed E-state index contributed by atoms with van der Waals surface area (Å²) in [5.41, 5.74) is -0.279. The SMILES string of the molecule is Cc1cc(F)ccc1C(=O)Nc1c(F)cccc1C(=O)O. The van der Waals surface area contributed by atoms with E-state index in [9.17, 15) is 18.4 Å². The second-order valence-electron chi connectivity index (χ2n) is 4.38. The second kappa shape index (κ2) is 5.70. The highest BCUT2D eigenvalue weighted by Gasteiger charge is 2.18. The molecule has 0 spiro atoms. The molecule has 21 heavy (non-hydrogen) atoms. The molecule has 0 unspecified atom stereocenters. The number of carbonyl (C=O) groups is 2. The third-order valence-electron chi connectivity index (χ3n) is 2.92. The van der Waals surface area contributed by atoms with Crippen LogP contribution >= 0.6 is 0 Å². The van der Waals surface area contributed by atoms with Gasteiger partial charge in [-0.2, -0.15) is 0 Å². The van der Waals surface area contributed by atoms with Crippen LogP contribution in [0.5, 0.6) is 0 Å². The molecule has 0 aliphatic carbocycles. The van der Waals surface area contributed by atoms with Gasteiger partial charge >= 0.3 is 5.97 Å². The Morgan fingerprint density at radius 1 is 1.10 bits per heavy atom. The Morgan fingerprint density at radius 3 is 2.43 bits per heavy atom. The summed E-state index contributed by atoms with van der Waals surface area (Å²) in [6, 6.07) is 6.97. The summed E-state index contributed by atoms with van der Waals surface area (Å²) in [4.78, 5) is 23.1. The van der Waals surface area contributed by atoms with Gasteiger partial charge < -0.3 is 10.4 Å². The summed E-state index contributed by atoms with van der Waals surface area (Å²) in [6.45, 7) is 1.53. The van der Waals surface area contributed by atoms with Gasteiger partial charge in [-0.1, -0.05) is 6.07 Å². The molecule has 2 aromatic carbocycles. The first-order chi connectivity index (χ1) is 9.90. The summed E-state index contributed by atoms with van der Waals surface area (Å²) < 4.78 is 26.7.